The molecule has 3 heteroatoms. The van der Waals surface area contributed by atoms with Crippen LogP contribution in [0, 0.1) is 6.92 Å². The predicted octanol–water partition coefficient (Wildman–Crippen LogP) is 2.29. The van der Waals surface area contributed by atoms with Crippen LogP contribution in [0.4, 0.5) is 5.69 Å². The van der Waals surface area contributed by atoms with Gasteiger partial charge in [-0.05, 0) is 38.5 Å². The van der Waals surface area contributed by atoms with Crippen molar-refractivity contribution in [2.45, 2.75) is 26.8 Å². The Labute approximate surface area is 90.3 Å². The molecule has 82 valence electrons. The minimum atomic E-state index is -0.793. The second kappa shape index (κ2) is 4.82. The van der Waals surface area contributed by atoms with Gasteiger partial charge in [-0.1, -0.05) is 12.1 Å². The van der Waals surface area contributed by atoms with Crippen molar-refractivity contribution in [1.82, 2.24) is 0 Å². The fraction of sp³-hybridized carbons (Fsp3) is 0.417. The lowest BCUT2D eigenvalue weighted by atomic mass is 10.1. The second-order valence-corrected chi connectivity index (χ2v) is 3.64. The van der Waals surface area contributed by atoms with Gasteiger partial charge in [0.2, 0.25) is 0 Å². The first-order valence-corrected chi connectivity index (χ1v) is 5.12. The Morgan fingerprint density at radius 2 is 2.20 bits per heavy atom. The molecule has 0 bridgehead atoms. The SMILES string of the molecule is CCN(c1cccc(C)c1)C(C)C(=O)O. The van der Waals surface area contributed by atoms with Crippen LogP contribution in [0.3, 0.4) is 0 Å². The van der Waals surface area contributed by atoms with Crippen LogP contribution in [-0.4, -0.2) is 23.7 Å². The van der Waals surface area contributed by atoms with E-state index in [0.717, 1.165) is 11.3 Å². The highest BCUT2D eigenvalue weighted by molar-refractivity contribution is 5.77. The molecule has 0 aromatic heterocycles. The standard InChI is InChI=1S/C12H17NO2/c1-4-13(10(3)12(14)15)11-7-5-6-9(2)8-11/h5-8,10H,4H2,1-3H3,(H,14,15). The molecule has 3 nitrogen and oxygen atoms in total. The second-order valence-electron chi connectivity index (χ2n) is 3.64. The highest BCUT2D eigenvalue weighted by atomic mass is 16.4. The first-order chi connectivity index (χ1) is 7.06. The Bertz CT molecular complexity index is 349. The summed E-state index contributed by atoms with van der Waals surface area (Å²) < 4.78 is 0. The van der Waals surface area contributed by atoms with E-state index in [1.165, 1.54) is 0 Å². The lowest BCUT2D eigenvalue weighted by molar-refractivity contribution is -0.138. The fourth-order valence-corrected chi connectivity index (χ4v) is 1.62. The van der Waals surface area contributed by atoms with E-state index in [0.29, 0.717) is 6.54 Å². The number of benzene rings is 1. The van der Waals surface area contributed by atoms with Crippen LogP contribution >= 0.6 is 0 Å². The summed E-state index contributed by atoms with van der Waals surface area (Å²) in [5.74, 6) is -0.793. The molecule has 15 heavy (non-hydrogen) atoms. The molecule has 0 amide bonds. The first kappa shape index (κ1) is 11.6. The molecule has 0 fully saturated rings. The van der Waals surface area contributed by atoms with Gasteiger partial charge in [0.1, 0.15) is 6.04 Å². The van der Waals surface area contributed by atoms with Gasteiger partial charge in [0.05, 0.1) is 0 Å². The summed E-state index contributed by atoms with van der Waals surface area (Å²) >= 11 is 0. The van der Waals surface area contributed by atoms with Gasteiger partial charge < -0.3 is 10.0 Å². The maximum atomic E-state index is 10.9. The molecule has 1 atom stereocenters. The first-order valence-electron chi connectivity index (χ1n) is 5.12. The van der Waals surface area contributed by atoms with E-state index >= 15 is 0 Å². The highest BCUT2D eigenvalue weighted by Gasteiger charge is 2.19. The minimum Gasteiger partial charge on any atom is -0.480 e. The fourth-order valence-electron chi connectivity index (χ4n) is 1.62. The van der Waals surface area contributed by atoms with Crippen molar-refractivity contribution in [1.29, 1.82) is 0 Å². The minimum absolute atomic E-state index is 0.489. The Hall–Kier alpha value is -1.51. The van der Waals surface area contributed by atoms with Crippen LogP contribution < -0.4 is 4.90 Å². The van der Waals surface area contributed by atoms with E-state index < -0.39 is 12.0 Å². The molecule has 0 aliphatic carbocycles. The Kier molecular flexibility index (Phi) is 3.72. The molecule has 1 N–H and O–H groups in total. The number of likely N-dealkylation sites (N-methyl/N-ethyl adjacent to an activating group) is 1. The number of aliphatic carboxylic acids is 1. The average Bonchev–Trinajstić information content (AvgIpc) is 2.18. The van der Waals surface area contributed by atoms with Crippen LogP contribution in [0.5, 0.6) is 0 Å². The molecule has 0 heterocycles. The molecular formula is C12H17NO2. The summed E-state index contributed by atoms with van der Waals surface area (Å²) in [6, 6.07) is 7.40. The number of rotatable bonds is 4. The lowest BCUT2D eigenvalue weighted by Crippen LogP contribution is -2.38. The largest absolute Gasteiger partial charge is 0.480 e. The third kappa shape index (κ3) is 2.72. The average molecular weight is 207 g/mol. The number of carboxylic acid groups (broad SMARTS) is 1. The molecule has 0 spiro atoms. The van der Waals surface area contributed by atoms with E-state index in [-0.39, 0.29) is 0 Å². The van der Waals surface area contributed by atoms with Crippen molar-refractivity contribution in [2.75, 3.05) is 11.4 Å². The monoisotopic (exact) mass is 207 g/mol. The summed E-state index contributed by atoms with van der Waals surface area (Å²) in [5, 5.41) is 8.97. The molecule has 1 aromatic rings. The maximum absolute atomic E-state index is 10.9. The van der Waals surface area contributed by atoms with Crippen molar-refractivity contribution in [3.05, 3.63) is 29.8 Å². The number of carbonyl (C=O) groups is 1. The molecule has 1 aromatic carbocycles. The summed E-state index contributed by atoms with van der Waals surface area (Å²) in [7, 11) is 0. The summed E-state index contributed by atoms with van der Waals surface area (Å²) in [6.07, 6.45) is 0. The zero-order chi connectivity index (χ0) is 11.4. The molecule has 0 saturated carbocycles. The van der Waals surface area contributed by atoms with Crippen LogP contribution in [0.15, 0.2) is 24.3 Å². The van der Waals surface area contributed by atoms with Gasteiger partial charge in [0.25, 0.3) is 0 Å². The van der Waals surface area contributed by atoms with Gasteiger partial charge in [-0.3, -0.25) is 0 Å². The Balaban J connectivity index is 2.97. The molecule has 0 aliphatic heterocycles. The number of hydrogen-bond acceptors (Lipinski definition) is 2. The van der Waals surface area contributed by atoms with Gasteiger partial charge in [-0.25, -0.2) is 4.79 Å². The van der Waals surface area contributed by atoms with Gasteiger partial charge in [-0.15, -0.1) is 0 Å². The molecule has 0 aliphatic rings. The number of aryl methyl sites for hydroxylation is 1. The number of hydrogen-bond donors (Lipinski definition) is 1. The van der Waals surface area contributed by atoms with E-state index in [1.807, 2.05) is 43.0 Å². The topological polar surface area (TPSA) is 40.5 Å². The van der Waals surface area contributed by atoms with Crippen LogP contribution in [0.25, 0.3) is 0 Å². The summed E-state index contributed by atoms with van der Waals surface area (Å²) in [5.41, 5.74) is 2.11. The van der Waals surface area contributed by atoms with Gasteiger partial charge in [0, 0.05) is 12.2 Å². The molecule has 1 rings (SSSR count). The van der Waals surface area contributed by atoms with Crippen molar-refractivity contribution in [3.8, 4) is 0 Å². The molecular weight excluding hydrogens is 190 g/mol. The number of nitrogens with zero attached hydrogens (tertiary/aromatic N) is 1. The smallest absolute Gasteiger partial charge is 0.326 e. The van der Waals surface area contributed by atoms with E-state index in [1.54, 1.807) is 6.92 Å². The lowest BCUT2D eigenvalue weighted by Gasteiger charge is -2.27. The van der Waals surface area contributed by atoms with Gasteiger partial charge >= 0.3 is 5.97 Å². The quantitative estimate of drug-likeness (QED) is 0.823. The zero-order valence-corrected chi connectivity index (χ0v) is 9.40. The zero-order valence-electron chi connectivity index (χ0n) is 9.40. The summed E-state index contributed by atoms with van der Waals surface area (Å²) in [4.78, 5) is 12.8. The Morgan fingerprint density at radius 1 is 1.53 bits per heavy atom. The normalized spacial score (nSPS) is 12.2. The Morgan fingerprint density at radius 3 is 2.67 bits per heavy atom. The maximum Gasteiger partial charge on any atom is 0.326 e. The van der Waals surface area contributed by atoms with Crippen LogP contribution in [-0.2, 0) is 4.79 Å². The molecule has 0 radical (unpaired) electrons. The molecule has 0 saturated heterocycles. The van der Waals surface area contributed by atoms with Crippen molar-refractivity contribution in [2.24, 2.45) is 0 Å². The van der Waals surface area contributed by atoms with Crippen molar-refractivity contribution < 1.29 is 9.90 Å². The van der Waals surface area contributed by atoms with E-state index in [4.69, 9.17) is 5.11 Å². The van der Waals surface area contributed by atoms with Crippen LogP contribution in [0.1, 0.15) is 19.4 Å². The van der Waals surface area contributed by atoms with Gasteiger partial charge in [0.15, 0.2) is 0 Å². The van der Waals surface area contributed by atoms with Gasteiger partial charge in [-0.2, -0.15) is 0 Å². The third-order valence-corrected chi connectivity index (χ3v) is 2.50. The van der Waals surface area contributed by atoms with E-state index in [2.05, 4.69) is 0 Å². The highest BCUT2D eigenvalue weighted by Crippen LogP contribution is 2.18. The van der Waals surface area contributed by atoms with Crippen LogP contribution in [0.2, 0.25) is 0 Å². The van der Waals surface area contributed by atoms with Crippen molar-refractivity contribution in [3.63, 3.8) is 0 Å². The number of carboxylic acids is 1. The van der Waals surface area contributed by atoms with Crippen molar-refractivity contribution >= 4 is 11.7 Å². The summed E-state index contributed by atoms with van der Waals surface area (Å²) in [6.45, 7) is 6.36. The van der Waals surface area contributed by atoms with E-state index in [9.17, 15) is 4.79 Å². The number of anilines is 1. The predicted molar refractivity (Wildman–Crippen MR) is 61.3 cm³/mol. The third-order valence-electron chi connectivity index (χ3n) is 2.50. The molecule has 1 unspecified atom stereocenters.